The smallest absolute Gasteiger partial charge is 0.240 e. The average molecular weight is 467 g/mol. The van der Waals surface area contributed by atoms with Gasteiger partial charge >= 0.3 is 0 Å². The molecule has 1 saturated heterocycles. The number of likely N-dealkylation sites (N-methyl/N-ethyl adjacent to an activating group) is 1. The zero-order valence-electron chi connectivity index (χ0n) is 20.0. The minimum atomic E-state index is -0.484. The first-order valence-corrected chi connectivity index (χ1v) is 12.2. The molecule has 0 aromatic heterocycles. The van der Waals surface area contributed by atoms with Crippen molar-refractivity contribution in [2.45, 2.75) is 25.2 Å². The van der Waals surface area contributed by atoms with Crippen LogP contribution in [0.2, 0.25) is 0 Å². The van der Waals surface area contributed by atoms with E-state index in [1.165, 1.54) is 6.42 Å². The molecule has 6 nitrogen and oxygen atoms in total. The fourth-order valence-electron chi connectivity index (χ4n) is 4.83. The Labute approximate surface area is 206 Å². The monoisotopic (exact) mass is 466 g/mol. The Bertz CT molecular complexity index is 1230. The van der Waals surface area contributed by atoms with Gasteiger partial charge in [0.05, 0.1) is 17.9 Å². The number of rotatable bonds is 6. The van der Waals surface area contributed by atoms with Crippen LogP contribution in [0.4, 0.5) is 17.1 Å². The predicted octanol–water partition coefficient (Wildman–Crippen LogP) is 4.99. The largest absolute Gasteiger partial charge is 0.325 e. The molecule has 0 aliphatic carbocycles. The number of hydrogen-bond acceptors (Lipinski definition) is 4. The van der Waals surface area contributed by atoms with Crippen LogP contribution >= 0.6 is 0 Å². The summed E-state index contributed by atoms with van der Waals surface area (Å²) in [6, 6.07) is 25.2. The van der Waals surface area contributed by atoms with E-state index in [0.29, 0.717) is 12.3 Å². The lowest BCUT2D eigenvalue weighted by Crippen LogP contribution is -2.40. The van der Waals surface area contributed by atoms with E-state index in [2.05, 4.69) is 10.2 Å². The number of carbonyl (C=O) groups is 2. The standard InChI is InChI=1S/C29H30N4O2/c1-32(26(34)20-33-18-8-3-9-19-33)23-16-14-22(15-17-23)30-28(21-10-4-2-5-11-21)27-24-12-6-7-13-25(24)31-29(27)35/h2,4-7,10-17,27H,3,8-9,18-20H2,1H3,(H,31,35). The molecule has 2 amide bonds. The van der Waals surface area contributed by atoms with Crippen molar-refractivity contribution < 1.29 is 9.59 Å². The molecular formula is C29H30N4O2. The van der Waals surface area contributed by atoms with E-state index in [0.717, 1.165) is 54.1 Å². The molecule has 0 saturated carbocycles. The predicted molar refractivity (Wildman–Crippen MR) is 141 cm³/mol. The number of hydrogen-bond donors (Lipinski definition) is 1. The SMILES string of the molecule is CN(C(=O)CN1CCCCC1)c1ccc(N=C(c2ccccc2)C2C(=O)Nc3ccccc32)cc1. The van der Waals surface area contributed by atoms with Crippen LogP contribution in [0.25, 0.3) is 0 Å². The zero-order chi connectivity index (χ0) is 24.2. The van der Waals surface area contributed by atoms with Gasteiger partial charge in [0.1, 0.15) is 5.92 Å². The van der Waals surface area contributed by atoms with Crippen LogP contribution in [0, 0.1) is 0 Å². The molecule has 5 rings (SSSR count). The third kappa shape index (κ3) is 5.03. The first kappa shape index (κ1) is 23.0. The van der Waals surface area contributed by atoms with Gasteiger partial charge in [0.15, 0.2) is 0 Å². The lowest BCUT2D eigenvalue weighted by atomic mass is 9.90. The van der Waals surface area contributed by atoms with E-state index >= 15 is 0 Å². The van der Waals surface area contributed by atoms with Crippen LogP contribution in [0.15, 0.2) is 83.9 Å². The van der Waals surface area contributed by atoms with Gasteiger partial charge in [-0.1, -0.05) is 55.0 Å². The summed E-state index contributed by atoms with van der Waals surface area (Å²) in [6.45, 7) is 2.44. The lowest BCUT2D eigenvalue weighted by Gasteiger charge is -2.28. The van der Waals surface area contributed by atoms with Crippen molar-refractivity contribution in [1.82, 2.24) is 4.90 Å². The summed E-state index contributed by atoms with van der Waals surface area (Å²) >= 11 is 0. The van der Waals surface area contributed by atoms with Gasteiger partial charge in [-0.2, -0.15) is 0 Å². The van der Waals surface area contributed by atoms with Crippen molar-refractivity contribution in [1.29, 1.82) is 0 Å². The second kappa shape index (κ2) is 10.2. The Kier molecular flexibility index (Phi) is 6.73. The number of piperidine rings is 1. The molecule has 35 heavy (non-hydrogen) atoms. The highest BCUT2D eigenvalue weighted by Crippen LogP contribution is 2.36. The Morgan fingerprint density at radius 1 is 0.943 bits per heavy atom. The van der Waals surface area contributed by atoms with Crippen molar-refractivity contribution in [2.24, 2.45) is 4.99 Å². The Balaban J connectivity index is 1.41. The summed E-state index contributed by atoms with van der Waals surface area (Å²) in [6.07, 6.45) is 3.58. The minimum Gasteiger partial charge on any atom is -0.325 e. The van der Waals surface area contributed by atoms with Gasteiger partial charge < -0.3 is 10.2 Å². The first-order valence-electron chi connectivity index (χ1n) is 12.2. The number of para-hydroxylation sites is 1. The van der Waals surface area contributed by atoms with Gasteiger partial charge in [-0.25, -0.2) is 0 Å². The highest BCUT2D eigenvalue weighted by molar-refractivity contribution is 6.24. The molecule has 2 heterocycles. The van der Waals surface area contributed by atoms with E-state index in [1.807, 2.05) is 85.9 Å². The quantitative estimate of drug-likeness (QED) is 0.521. The molecule has 178 valence electrons. The molecule has 6 heteroatoms. The van der Waals surface area contributed by atoms with E-state index in [1.54, 1.807) is 4.90 Å². The molecule has 0 bridgehead atoms. The highest BCUT2D eigenvalue weighted by atomic mass is 16.2. The number of nitrogens with zero attached hydrogens (tertiary/aromatic N) is 3. The average Bonchev–Trinajstić information content (AvgIpc) is 3.23. The molecule has 1 unspecified atom stereocenters. The first-order chi connectivity index (χ1) is 17.1. The lowest BCUT2D eigenvalue weighted by molar-refractivity contribution is -0.119. The molecule has 1 atom stereocenters. The van der Waals surface area contributed by atoms with Crippen LogP contribution in [0.1, 0.15) is 36.3 Å². The van der Waals surface area contributed by atoms with Gasteiger partial charge in [-0.05, 0) is 67.4 Å². The Morgan fingerprint density at radius 2 is 1.63 bits per heavy atom. The number of carbonyl (C=O) groups excluding carboxylic acids is 2. The maximum Gasteiger partial charge on any atom is 0.240 e. The van der Waals surface area contributed by atoms with Gasteiger partial charge in [0.2, 0.25) is 11.8 Å². The molecule has 2 aliphatic heterocycles. The van der Waals surface area contributed by atoms with Crippen LogP contribution in [-0.4, -0.2) is 49.1 Å². The Morgan fingerprint density at radius 3 is 2.37 bits per heavy atom. The maximum atomic E-state index is 13.0. The topological polar surface area (TPSA) is 65.0 Å². The molecular weight excluding hydrogens is 436 g/mol. The molecule has 1 fully saturated rings. The van der Waals surface area contributed by atoms with Gasteiger partial charge in [0.25, 0.3) is 0 Å². The van der Waals surface area contributed by atoms with Crippen LogP contribution in [0.5, 0.6) is 0 Å². The fraction of sp³-hybridized carbons (Fsp3) is 0.276. The summed E-state index contributed by atoms with van der Waals surface area (Å²) in [5.41, 5.74) is 4.94. The summed E-state index contributed by atoms with van der Waals surface area (Å²) in [5.74, 6) is -0.470. The maximum absolute atomic E-state index is 13.0. The summed E-state index contributed by atoms with van der Waals surface area (Å²) < 4.78 is 0. The third-order valence-electron chi connectivity index (χ3n) is 6.80. The third-order valence-corrected chi connectivity index (χ3v) is 6.80. The van der Waals surface area contributed by atoms with Crippen molar-refractivity contribution in [2.75, 3.05) is 36.9 Å². The van der Waals surface area contributed by atoms with Crippen molar-refractivity contribution in [3.63, 3.8) is 0 Å². The van der Waals surface area contributed by atoms with Crippen LogP contribution < -0.4 is 10.2 Å². The van der Waals surface area contributed by atoms with E-state index < -0.39 is 5.92 Å². The van der Waals surface area contributed by atoms with E-state index in [-0.39, 0.29) is 11.8 Å². The number of amides is 2. The van der Waals surface area contributed by atoms with Crippen molar-refractivity contribution in [3.05, 3.63) is 90.0 Å². The van der Waals surface area contributed by atoms with Crippen molar-refractivity contribution >= 4 is 34.6 Å². The normalized spacial score (nSPS) is 18.1. The minimum absolute atomic E-state index is 0.0755. The zero-order valence-corrected chi connectivity index (χ0v) is 20.0. The van der Waals surface area contributed by atoms with E-state index in [4.69, 9.17) is 4.99 Å². The van der Waals surface area contributed by atoms with E-state index in [9.17, 15) is 9.59 Å². The molecule has 3 aromatic carbocycles. The van der Waals surface area contributed by atoms with Gasteiger partial charge in [0, 0.05) is 18.4 Å². The highest BCUT2D eigenvalue weighted by Gasteiger charge is 2.35. The molecule has 0 radical (unpaired) electrons. The van der Waals surface area contributed by atoms with Gasteiger partial charge in [-0.3, -0.25) is 19.5 Å². The summed E-state index contributed by atoms with van der Waals surface area (Å²) in [5, 5.41) is 2.99. The summed E-state index contributed by atoms with van der Waals surface area (Å²) in [4.78, 5) is 34.7. The number of fused-ring (bicyclic) bond motifs is 1. The number of benzene rings is 3. The van der Waals surface area contributed by atoms with Gasteiger partial charge in [-0.15, -0.1) is 0 Å². The van der Waals surface area contributed by atoms with Crippen LogP contribution in [0.3, 0.4) is 0 Å². The second-order valence-electron chi connectivity index (χ2n) is 9.18. The molecule has 3 aromatic rings. The number of likely N-dealkylation sites (tertiary alicyclic amines) is 1. The molecule has 1 N–H and O–H groups in total. The van der Waals surface area contributed by atoms with Crippen LogP contribution in [-0.2, 0) is 9.59 Å². The summed E-state index contributed by atoms with van der Waals surface area (Å²) in [7, 11) is 1.82. The molecule has 0 spiro atoms. The van der Waals surface area contributed by atoms with Crippen molar-refractivity contribution in [3.8, 4) is 0 Å². The number of aliphatic imine (C=N–C) groups is 1. The second-order valence-corrected chi connectivity index (χ2v) is 9.18. The molecule has 2 aliphatic rings. The number of nitrogens with one attached hydrogen (secondary N) is 1. The Hall–Kier alpha value is -3.77. The number of anilines is 2. The fourth-order valence-corrected chi connectivity index (χ4v) is 4.83.